The molecule has 1 aromatic carbocycles. The standard InChI is InChI=1S/C18H27NO3/c1-4-19(12-14(2)3)18(20)15-7-9-16(10-8-15)22-13-17-6-5-11-21-17/h7-10,14,17H,4-6,11-13H2,1-3H3. The van der Waals surface area contributed by atoms with Crippen LogP contribution in [0.3, 0.4) is 0 Å². The summed E-state index contributed by atoms with van der Waals surface area (Å²) in [6, 6.07) is 7.42. The molecule has 0 bridgehead atoms. The summed E-state index contributed by atoms with van der Waals surface area (Å²) in [5, 5.41) is 0. The third-order valence-corrected chi connectivity index (χ3v) is 3.82. The van der Waals surface area contributed by atoms with Crippen LogP contribution in [0.15, 0.2) is 24.3 Å². The van der Waals surface area contributed by atoms with Crippen LogP contribution < -0.4 is 4.74 Å². The third-order valence-electron chi connectivity index (χ3n) is 3.82. The predicted molar refractivity (Wildman–Crippen MR) is 87.3 cm³/mol. The lowest BCUT2D eigenvalue weighted by atomic mass is 10.1. The second-order valence-corrected chi connectivity index (χ2v) is 6.21. The Kier molecular flexibility index (Phi) is 6.25. The summed E-state index contributed by atoms with van der Waals surface area (Å²) in [7, 11) is 0. The molecule has 1 fully saturated rings. The van der Waals surface area contributed by atoms with Crippen molar-refractivity contribution >= 4 is 5.91 Å². The highest BCUT2D eigenvalue weighted by Gasteiger charge is 2.17. The van der Waals surface area contributed by atoms with Gasteiger partial charge in [-0.05, 0) is 49.9 Å². The van der Waals surface area contributed by atoms with E-state index in [9.17, 15) is 4.79 Å². The molecule has 0 spiro atoms. The summed E-state index contributed by atoms with van der Waals surface area (Å²) in [6.07, 6.45) is 2.39. The van der Waals surface area contributed by atoms with E-state index in [-0.39, 0.29) is 12.0 Å². The summed E-state index contributed by atoms with van der Waals surface area (Å²) in [5.41, 5.74) is 0.715. The van der Waals surface area contributed by atoms with Crippen molar-refractivity contribution < 1.29 is 14.3 Å². The minimum Gasteiger partial charge on any atom is -0.491 e. The van der Waals surface area contributed by atoms with E-state index in [1.54, 1.807) is 0 Å². The first-order valence-corrected chi connectivity index (χ1v) is 8.24. The maximum absolute atomic E-state index is 12.5. The molecule has 0 saturated carbocycles. The second-order valence-electron chi connectivity index (χ2n) is 6.21. The van der Waals surface area contributed by atoms with E-state index in [4.69, 9.17) is 9.47 Å². The molecule has 1 heterocycles. The van der Waals surface area contributed by atoms with E-state index in [2.05, 4.69) is 13.8 Å². The first-order valence-electron chi connectivity index (χ1n) is 8.24. The first-order chi connectivity index (χ1) is 10.6. The van der Waals surface area contributed by atoms with Gasteiger partial charge in [0, 0.05) is 25.3 Å². The molecular weight excluding hydrogens is 278 g/mol. The molecule has 0 radical (unpaired) electrons. The van der Waals surface area contributed by atoms with E-state index in [1.165, 1.54) is 0 Å². The van der Waals surface area contributed by atoms with E-state index in [0.717, 1.165) is 38.3 Å². The Morgan fingerprint density at radius 2 is 2.09 bits per heavy atom. The van der Waals surface area contributed by atoms with Gasteiger partial charge in [-0.15, -0.1) is 0 Å². The summed E-state index contributed by atoms with van der Waals surface area (Å²) in [6.45, 7) is 9.20. The third kappa shape index (κ3) is 4.73. The Labute approximate surface area is 133 Å². The van der Waals surface area contributed by atoms with Gasteiger partial charge in [0.2, 0.25) is 0 Å². The minimum atomic E-state index is 0.0851. The highest BCUT2D eigenvalue weighted by atomic mass is 16.5. The van der Waals surface area contributed by atoms with Crippen LogP contribution in [0.1, 0.15) is 44.0 Å². The molecule has 1 saturated heterocycles. The zero-order valence-electron chi connectivity index (χ0n) is 13.9. The minimum absolute atomic E-state index is 0.0851. The highest BCUT2D eigenvalue weighted by molar-refractivity contribution is 5.94. The largest absolute Gasteiger partial charge is 0.491 e. The number of amides is 1. The van der Waals surface area contributed by atoms with E-state index >= 15 is 0 Å². The number of benzene rings is 1. The fourth-order valence-corrected chi connectivity index (χ4v) is 2.64. The highest BCUT2D eigenvalue weighted by Crippen LogP contribution is 2.17. The van der Waals surface area contributed by atoms with Gasteiger partial charge < -0.3 is 14.4 Å². The maximum atomic E-state index is 12.5. The smallest absolute Gasteiger partial charge is 0.253 e. The lowest BCUT2D eigenvalue weighted by molar-refractivity contribution is 0.0678. The monoisotopic (exact) mass is 305 g/mol. The lowest BCUT2D eigenvalue weighted by Gasteiger charge is -2.23. The van der Waals surface area contributed by atoms with Crippen LogP contribution in [0, 0.1) is 5.92 Å². The van der Waals surface area contributed by atoms with Crippen LogP contribution in [-0.2, 0) is 4.74 Å². The topological polar surface area (TPSA) is 38.8 Å². The van der Waals surface area contributed by atoms with Crippen LogP contribution in [0.25, 0.3) is 0 Å². The fraction of sp³-hybridized carbons (Fsp3) is 0.611. The van der Waals surface area contributed by atoms with Gasteiger partial charge in [-0.3, -0.25) is 4.79 Å². The molecule has 1 aromatic rings. The SMILES string of the molecule is CCN(CC(C)C)C(=O)c1ccc(OCC2CCCO2)cc1. The molecule has 4 heteroatoms. The van der Waals surface area contributed by atoms with E-state index in [1.807, 2.05) is 36.1 Å². The molecule has 1 aliphatic heterocycles. The first kappa shape index (κ1) is 16.8. The summed E-state index contributed by atoms with van der Waals surface area (Å²) >= 11 is 0. The Morgan fingerprint density at radius 1 is 1.36 bits per heavy atom. The van der Waals surface area contributed by atoms with Crippen molar-refractivity contribution in [2.75, 3.05) is 26.3 Å². The van der Waals surface area contributed by atoms with Gasteiger partial charge in [0.1, 0.15) is 12.4 Å². The maximum Gasteiger partial charge on any atom is 0.253 e. The summed E-state index contributed by atoms with van der Waals surface area (Å²) in [5.74, 6) is 1.35. The molecular formula is C18H27NO3. The van der Waals surface area contributed by atoms with Crippen LogP contribution in [0.2, 0.25) is 0 Å². The lowest BCUT2D eigenvalue weighted by Crippen LogP contribution is -2.33. The van der Waals surface area contributed by atoms with Gasteiger partial charge in [0.05, 0.1) is 6.10 Å². The Bertz CT molecular complexity index is 464. The number of rotatable bonds is 7. The van der Waals surface area contributed by atoms with Gasteiger partial charge in [0.15, 0.2) is 0 Å². The molecule has 0 aromatic heterocycles. The zero-order valence-corrected chi connectivity index (χ0v) is 13.9. The number of ether oxygens (including phenoxy) is 2. The fourth-order valence-electron chi connectivity index (χ4n) is 2.64. The molecule has 1 unspecified atom stereocenters. The van der Waals surface area contributed by atoms with Crippen LogP contribution >= 0.6 is 0 Å². The quantitative estimate of drug-likeness (QED) is 0.775. The second kappa shape index (κ2) is 8.18. The van der Waals surface area contributed by atoms with Gasteiger partial charge in [-0.2, -0.15) is 0 Å². The zero-order chi connectivity index (χ0) is 15.9. The van der Waals surface area contributed by atoms with Crippen LogP contribution in [-0.4, -0.2) is 43.2 Å². The van der Waals surface area contributed by atoms with Crippen molar-refractivity contribution in [2.45, 2.75) is 39.7 Å². The summed E-state index contributed by atoms with van der Waals surface area (Å²) < 4.78 is 11.3. The van der Waals surface area contributed by atoms with Gasteiger partial charge in [0.25, 0.3) is 5.91 Å². The molecule has 1 atom stereocenters. The van der Waals surface area contributed by atoms with Crippen molar-refractivity contribution in [2.24, 2.45) is 5.92 Å². The molecule has 4 nitrogen and oxygen atoms in total. The molecule has 22 heavy (non-hydrogen) atoms. The normalized spacial score (nSPS) is 17.7. The molecule has 122 valence electrons. The van der Waals surface area contributed by atoms with Crippen LogP contribution in [0.5, 0.6) is 5.75 Å². The number of hydrogen-bond acceptors (Lipinski definition) is 3. The summed E-state index contributed by atoms with van der Waals surface area (Å²) in [4.78, 5) is 14.3. The van der Waals surface area contributed by atoms with Gasteiger partial charge >= 0.3 is 0 Å². The van der Waals surface area contributed by atoms with Crippen molar-refractivity contribution in [3.63, 3.8) is 0 Å². The van der Waals surface area contributed by atoms with Crippen molar-refractivity contribution in [3.8, 4) is 5.75 Å². The van der Waals surface area contributed by atoms with Gasteiger partial charge in [-0.1, -0.05) is 13.8 Å². The number of nitrogens with zero attached hydrogens (tertiary/aromatic N) is 1. The number of carbonyl (C=O) groups is 1. The average Bonchev–Trinajstić information content (AvgIpc) is 3.03. The predicted octanol–water partition coefficient (Wildman–Crippen LogP) is 3.36. The van der Waals surface area contributed by atoms with Crippen LogP contribution in [0.4, 0.5) is 0 Å². The van der Waals surface area contributed by atoms with Gasteiger partial charge in [-0.25, -0.2) is 0 Å². The Balaban J connectivity index is 1.90. The molecule has 2 rings (SSSR count). The van der Waals surface area contributed by atoms with Crippen molar-refractivity contribution in [1.82, 2.24) is 4.90 Å². The molecule has 1 amide bonds. The molecule has 1 aliphatic rings. The molecule has 0 aliphatic carbocycles. The van der Waals surface area contributed by atoms with E-state index in [0.29, 0.717) is 18.1 Å². The van der Waals surface area contributed by atoms with Crippen molar-refractivity contribution in [3.05, 3.63) is 29.8 Å². The average molecular weight is 305 g/mol. The number of carbonyl (C=O) groups excluding carboxylic acids is 1. The number of hydrogen-bond donors (Lipinski definition) is 0. The molecule has 0 N–H and O–H groups in total. The van der Waals surface area contributed by atoms with Crippen molar-refractivity contribution in [1.29, 1.82) is 0 Å². The Morgan fingerprint density at radius 3 is 2.64 bits per heavy atom. The van der Waals surface area contributed by atoms with E-state index < -0.39 is 0 Å². The Hall–Kier alpha value is -1.55.